The van der Waals surface area contributed by atoms with E-state index in [1.54, 1.807) is 49.6 Å². The fourth-order valence-corrected chi connectivity index (χ4v) is 3.40. The minimum atomic E-state index is -0.465. The van der Waals surface area contributed by atoms with E-state index < -0.39 is 5.91 Å². The Balaban J connectivity index is 1.87. The maximum Gasteiger partial charge on any atom is 0.272 e. The van der Waals surface area contributed by atoms with Crippen molar-refractivity contribution in [1.82, 2.24) is 5.32 Å². The maximum atomic E-state index is 13.0. The molecule has 154 valence electrons. The molecule has 0 saturated heterocycles. The minimum absolute atomic E-state index is 0.127. The van der Waals surface area contributed by atoms with Gasteiger partial charge in [0.15, 0.2) is 0 Å². The van der Waals surface area contributed by atoms with Gasteiger partial charge >= 0.3 is 0 Å². The number of rotatable bonds is 7. The lowest BCUT2D eigenvalue weighted by atomic mass is 10.1. The molecule has 0 aliphatic rings. The predicted molar refractivity (Wildman–Crippen MR) is 119 cm³/mol. The second-order valence-electron chi connectivity index (χ2n) is 6.42. The third-order valence-corrected chi connectivity index (χ3v) is 5.08. The van der Waals surface area contributed by atoms with Crippen molar-refractivity contribution in [2.24, 2.45) is 0 Å². The van der Waals surface area contributed by atoms with Crippen molar-refractivity contribution in [3.63, 3.8) is 0 Å². The van der Waals surface area contributed by atoms with Crippen LogP contribution in [-0.2, 0) is 4.79 Å². The van der Waals surface area contributed by atoms with Crippen LogP contribution in [0, 0.1) is 6.92 Å². The topological polar surface area (TPSA) is 76.7 Å². The van der Waals surface area contributed by atoms with Crippen molar-refractivity contribution in [1.29, 1.82) is 0 Å². The van der Waals surface area contributed by atoms with Crippen molar-refractivity contribution < 1.29 is 19.1 Å². The Labute approximate surface area is 179 Å². The Hall–Kier alpha value is -3.58. The van der Waals surface area contributed by atoms with Gasteiger partial charge in [0.05, 0.1) is 19.9 Å². The summed E-state index contributed by atoms with van der Waals surface area (Å²) in [4.78, 5) is 26.6. The summed E-state index contributed by atoms with van der Waals surface area (Å²) >= 11 is 1.46. The molecule has 3 aromatic rings. The van der Waals surface area contributed by atoms with Crippen molar-refractivity contribution in [2.45, 2.75) is 6.92 Å². The van der Waals surface area contributed by atoms with Gasteiger partial charge in [0.1, 0.15) is 17.2 Å². The van der Waals surface area contributed by atoms with Crippen LogP contribution in [0.25, 0.3) is 6.08 Å². The highest BCUT2D eigenvalue weighted by molar-refractivity contribution is 7.10. The molecule has 2 amide bonds. The zero-order valence-corrected chi connectivity index (χ0v) is 17.7. The molecule has 1 aromatic heterocycles. The quantitative estimate of drug-likeness (QED) is 0.550. The summed E-state index contributed by atoms with van der Waals surface area (Å²) in [6.45, 7) is 1.90. The van der Waals surface area contributed by atoms with Crippen molar-refractivity contribution >= 4 is 34.9 Å². The Morgan fingerprint density at radius 1 is 1.00 bits per heavy atom. The van der Waals surface area contributed by atoms with Crippen LogP contribution in [0.3, 0.4) is 0 Å². The molecule has 0 saturated carbocycles. The molecule has 2 aromatic carbocycles. The zero-order chi connectivity index (χ0) is 21.5. The van der Waals surface area contributed by atoms with Crippen LogP contribution >= 0.6 is 11.3 Å². The van der Waals surface area contributed by atoms with Crippen LogP contribution in [0.5, 0.6) is 11.5 Å². The lowest BCUT2D eigenvalue weighted by molar-refractivity contribution is -0.113. The Morgan fingerprint density at radius 3 is 2.50 bits per heavy atom. The van der Waals surface area contributed by atoms with Crippen LogP contribution in [0.1, 0.15) is 20.8 Å². The van der Waals surface area contributed by atoms with Gasteiger partial charge in [-0.15, -0.1) is 11.3 Å². The molecule has 0 fully saturated rings. The van der Waals surface area contributed by atoms with E-state index in [0.717, 1.165) is 10.4 Å². The van der Waals surface area contributed by atoms with Crippen LogP contribution in [0.2, 0.25) is 0 Å². The standard InChI is InChI=1S/C23H22N2O4S/c1-15-6-4-7-16(12-15)22(26)25-20(14-18-8-5-11-30-18)23(27)24-19-10-9-17(28-2)13-21(19)29-3/h4-14H,1-3H3,(H,24,27)(H,25,26)/b20-14-. The van der Waals surface area contributed by atoms with E-state index >= 15 is 0 Å². The van der Waals surface area contributed by atoms with Crippen molar-refractivity contribution in [3.05, 3.63) is 81.7 Å². The molecule has 0 atom stereocenters. The molecule has 30 heavy (non-hydrogen) atoms. The van der Waals surface area contributed by atoms with Gasteiger partial charge in [-0.1, -0.05) is 23.8 Å². The molecular weight excluding hydrogens is 400 g/mol. The lowest BCUT2D eigenvalue weighted by Crippen LogP contribution is -2.30. The van der Waals surface area contributed by atoms with Crippen molar-refractivity contribution in [2.75, 3.05) is 19.5 Å². The first-order valence-electron chi connectivity index (χ1n) is 9.16. The number of anilines is 1. The number of nitrogens with one attached hydrogen (secondary N) is 2. The molecule has 0 spiro atoms. The summed E-state index contributed by atoms with van der Waals surface area (Å²) in [5.74, 6) is 0.223. The number of thiophene rings is 1. The average molecular weight is 423 g/mol. The van der Waals surface area contributed by atoms with E-state index in [4.69, 9.17) is 9.47 Å². The molecule has 7 heteroatoms. The van der Waals surface area contributed by atoms with Gasteiger partial charge in [-0.2, -0.15) is 0 Å². The molecule has 0 bridgehead atoms. The fraction of sp³-hybridized carbons (Fsp3) is 0.130. The first-order valence-corrected chi connectivity index (χ1v) is 10.0. The summed E-state index contributed by atoms with van der Waals surface area (Å²) in [5.41, 5.74) is 2.02. The number of amides is 2. The third kappa shape index (κ3) is 5.27. The summed E-state index contributed by atoms with van der Waals surface area (Å²) in [7, 11) is 3.06. The molecule has 0 radical (unpaired) electrons. The number of hydrogen-bond donors (Lipinski definition) is 2. The summed E-state index contributed by atoms with van der Waals surface area (Å²) in [6, 6.07) is 16.0. The molecule has 0 aliphatic heterocycles. The molecule has 6 nitrogen and oxygen atoms in total. The van der Waals surface area contributed by atoms with Gasteiger partial charge < -0.3 is 20.1 Å². The summed E-state index contributed by atoms with van der Waals surface area (Å²) < 4.78 is 10.5. The van der Waals surface area contributed by atoms with Gasteiger partial charge in [-0.25, -0.2) is 0 Å². The minimum Gasteiger partial charge on any atom is -0.497 e. The van der Waals surface area contributed by atoms with Crippen LogP contribution in [0.4, 0.5) is 5.69 Å². The Morgan fingerprint density at radius 2 is 1.83 bits per heavy atom. The number of ether oxygens (including phenoxy) is 2. The first-order chi connectivity index (χ1) is 14.5. The normalized spacial score (nSPS) is 11.0. The maximum absolute atomic E-state index is 13.0. The number of aryl methyl sites for hydroxylation is 1. The lowest BCUT2D eigenvalue weighted by Gasteiger charge is -2.14. The Kier molecular flexibility index (Phi) is 6.87. The highest BCUT2D eigenvalue weighted by Gasteiger charge is 2.17. The number of carbonyl (C=O) groups is 2. The van der Waals surface area contributed by atoms with Gasteiger partial charge in [-0.3, -0.25) is 9.59 Å². The fourth-order valence-electron chi connectivity index (χ4n) is 2.75. The number of benzene rings is 2. The first kappa shape index (κ1) is 21.1. The van der Waals surface area contributed by atoms with Gasteiger partial charge in [0.25, 0.3) is 11.8 Å². The summed E-state index contributed by atoms with van der Waals surface area (Å²) in [6.07, 6.45) is 1.64. The number of methoxy groups -OCH3 is 2. The van der Waals surface area contributed by atoms with Crippen molar-refractivity contribution in [3.8, 4) is 11.5 Å². The number of carbonyl (C=O) groups excluding carboxylic acids is 2. The molecule has 0 aliphatic carbocycles. The van der Waals surface area contributed by atoms with E-state index in [2.05, 4.69) is 10.6 Å². The van der Waals surface area contributed by atoms with Gasteiger partial charge in [0, 0.05) is 16.5 Å². The van der Waals surface area contributed by atoms with Crippen LogP contribution in [0.15, 0.2) is 65.7 Å². The molecular formula is C23H22N2O4S. The van der Waals surface area contributed by atoms with Crippen LogP contribution < -0.4 is 20.1 Å². The largest absolute Gasteiger partial charge is 0.497 e. The highest BCUT2D eigenvalue weighted by Crippen LogP contribution is 2.29. The molecule has 2 N–H and O–H groups in total. The average Bonchev–Trinajstić information content (AvgIpc) is 3.26. The molecule has 1 heterocycles. The van der Waals surface area contributed by atoms with E-state index in [-0.39, 0.29) is 11.6 Å². The van der Waals surface area contributed by atoms with Crippen LogP contribution in [-0.4, -0.2) is 26.0 Å². The van der Waals surface area contributed by atoms with E-state index in [1.165, 1.54) is 18.4 Å². The smallest absolute Gasteiger partial charge is 0.272 e. The molecule has 0 unspecified atom stereocenters. The third-order valence-electron chi connectivity index (χ3n) is 4.26. The second kappa shape index (κ2) is 9.76. The highest BCUT2D eigenvalue weighted by atomic mass is 32.1. The van der Waals surface area contributed by atoms with Gasteiger partial charge in [-0.05, 0) is 48.7 Å². The predicted octanol–water partition coefficient (Wildman–Crippen LogP) is 4.48. The second-order valence-corrected chi connectivity index (χ2v) is 7.40. The monoisotopic (exact) mass is 422 g/mol. The van der Waals surface area contributed by atoms with Gasteiger partial charge in [0.2, 0.25) is 0 Å². The molecule has 3 rings (SSSR count). The van der Waals surface area contributed by atoms with E-state index in [1.807, 2.05) is 30.5 Å². The van der Waals surface area contributed by atoms with E-state index in [0.29, 0.717) is 22.7 Å². The Bertz CT molecular complexity index is 1070. The van der Waals surface area contributed by atoms with E-state index in [9.17, 15) is 9.59 Å². The summed E-state index contributed by atoms with van der Waals surface area (Å²) in [5, 5.41) is 7.42. The SMILES string of the molecule is COc1ccc(NC(=O)/C(=C/c2cccs2)NC(=O)c2cccc(C)c2)c(OC)c1. The number of hydrogen-bond acceptors (Lipinski definition) is 5. The zero-order valence-electron chi connectivity index (χ0n) is 16.9.